The van der Waals surface area contributed by atoms with E-state index in [2.05, 4.69) is 24.1 Å². The van der Waals surface area contributed by atoms with Crippen LogP contribution in [0.2, 0.25) is 0 Å². The third-order valence-corrected chi connectivity index (χ3v) is 5.02. The molecule has 2 aliphatic carbocycles. The van der Waals surface area contributed by atoms with Gasteiger partial charge in [0.25, 0.3) is 0 Å². The van der Waals surface area contributed by atoms with Gasteiger partial charge in [-0.15, -0.1) is 0 Å². The van der Waals surface area contributed by atoms with Crippen LogP contribution in [0.25, 0.3) is 0 Å². The molecule has 0 spiro atoms. The molecule has 0 aromatic carbocycles. The van der Waals surface area contributed by atoms with Crippen LogP contribution < -0.4 is 10.6 Å². The molecule has 1 aromatic heterocycles. The molecular weight excluding hydrogens is 260 g/mol. The van der Waals surface area contributed by atoms with Crippen LogP contribution in [0.3, 0.4) is 0 Å². The lowest BCUT2D eigenvalue weighted by Crippen LogP contribution is -2.39. The van der Waals surface area contributed by atoms with E-state index in [0.717, 1.165) is 49.9 Å². The Balaban J connectivity index is 1.88. The first-order valence-corrected chi connectivity index (χ1v) is 8.10. The number of nitrogens with zero attached hydrogens (tertiary/aromatic N) is 3. The van der Waals surface area contributed by atoms with Crippen LogP contribution >= 0.6 is 0 Å². The quantitative estimate of drug-likeness (QED) is 0.906. The molecule has 0 amide bonds. The summed E-state index contributed by atoms with van der Waals surface area (Å²) in [4.78, 5) is 7.07. The molecule has 0 saturated heterocycles. The lowest BCUT2D eigenvalue weighted by atomic mass is 9.90. The smallest absolute Gasteiger partial charge is 0.146 e. The first-order chi connectivity index (χ1) is 10.2. The minimum Gasteiger partial charge on any atom is -0.356 e. The van der Waals surface area contributed by atoms with Crippen molar-refractivity contribution in [3.05, 3.63) is 22.9 Å². The van der Waals surface area contributed by atoms with Crippen molar-refractivity contribution in [1.82, 2.24) is 4.98 Å². The molecule has 1 saturated carbocycles. The van der Waals surface area contributed by atoms with Crippen molar-refractivity contribution in [2.24, 2.45) is 5.73 Å². The molecule has 0 radical (unpaired) electrons. The van der Waals surface area contributed by atoms with Gasteiger partial charge in [-0.3, -0.25) is 0 Å². The number of nitriles is 1. The first-order valence-electron chi connectivity index (χ1n) is 8.10. The summed E-state index contributed by atoms with van der Waals surface area (Å²) in [5.74, 6) is 0.874. The molecule has 1 fully saturated rings. The summed E-state index contributed by atoms with van der Waals surface area (Å²) in [6, 6.07) is 5.23. The summed E-state index contributed by atoms with van der Waals surface area (Å²) in [6.07, 6.45) is 8.89. The fourth-order valence-electron chi connectivity index (χ4n) is 3.64. The largest absolute Gasteiger partial charge is 0.356 e. The van der Waals surface area contributed by atoms with E-state index in [9.17, 15) is 5.26 Å². The minimum atomic E-state index is 0.349. The molecule has 1 heterocycles. The second kappa shape index (κ2) is 6.03. The van der Waals surface area contributed by atoms with E-state index in [-0.39, 0.29) is 0 Å². The Bertz CT molecular complexity index is 553. The lowest BCUT2D eigenvalue weighted by molar-refractivity contribution is 0.383. The highest BCUT2D eigenvalue weighted by molar-refractivity contribution is 5.56. The Hall–Kier alpha value is -1.60. The van der Waals surface area contributed by atoms with E-state index in [4.69, 9.17) is 10.7 Å². The Kier molecular flexibility index (Phi) is 4.12. The maximum absolute atomic E-state index is 9.47. The second-order valence-electron chi connectivity index (χ2n) is 6.46. The lowest BCUT2D eigenvalue weighted by Gasteiger charge is -2.35. The van der Waals surface area contributed by atoms with Gasteiger partial charge >= 0.3 is 0 Å². The molecule has 0 atom stereocenters. The highest BCUT2D eigenvalue weighted by Crippen LogP contribution is 2.30. The molecular formula is C17H24N4. The minimum absolute atomic E-state index is 0.349. The van der Waals surface area contributed by atoms with Gasteiger partial charge in [-0.1, -0.05) is 0 Å². The Morgan fingerprint density at radius 2 is 1.95 bits per heavy atom. The molecule has 3 rings (SSSR count). The number of aryl methyl sites for hydroxylation is 2. The molecule has 21 heavy (non-hydrogen) atoms. The van der Waals surface area contributed by atoms with E-state index in [1.54, 1.807) is 0 Å². The summed E-state index contributed by atoms with van der Waals surface area (Å²) in [6.45, 7) is 0. The van der Waals surface area contributed by atoms with Gasteiger partial charge < -0.3 is 10.6 Å². The van der Waals surface area contributed by atoms with Crippen molar-refractivity contribution in [2.45, 2.75) is 63.5 Å². The third kappa shape index (κ3) is 2.89. The average Bonchev–Trinajstić information content (AvgIpc) is 2.53. The summed E-state index contributed by atoms with van der Waals surface area (Å²) >= 11 is 0. The number of anilines is 1. The monoisotopic (exact) mass is 284 g/mol. The SMILES string of the molecule is CN(c1nc2c(cc1C#N)CCCC2)C1CCC(N)CC1. The first kappa shape index (κ1) is 14.3. The molecule has 0 aliphatic heterocycles. The molecule has 0 unspecified atom stereocenters. The van der Waals surface area contributed by atoms with E-state index in [0.29, 0.717) is 12.1 Å². The number of nitrogens with two attached hydrogens (primary N) is 1. The highest BCUT2D eigenvalue weighted by atomic mass is 15.2. The van der Waals surface area contributed by atoms with Crippen LogP contribution in [-0.4, -0.2) is 24.1 Å². The molecule has 112 valence electrons. The van der Waals surface area contributed by atoms with Crippen molar-refractivity contribution in [2.75, 3.05) is 11.9 Å². The molecule has 4 nitrogen and oxygen atoms in total. The van der Waals surface area contributed by atoms with E-state index >= 15 is 0 Å². The Morgan fingerprint density at radius 1 is 1.24 bits per heavy atom. The number of rotatable bonds is 2. The Morgan fingerprint density at radius 3 is 2.67 bits per heavy atom. The molecule has 1 aromatic rings. The van der Waals surface area contributed by atoms with E-state index in [1.165, 1.54) is 24.1 Å². The van der Waals surface area contributed by atoms with Gasteiger partial charge in [0.05, 0.1) is 5.56 Å². The third-order valence-electron chi connectivity index (χ3n) is 5.02. The van der Waals surface area contributed by atoms with Crippen molar-refractivity contribution in [3.8, 4) is 6.07 Å². The fourth-order valence-corrected chi connectivity index (χ4v) is 3.64. The van der Waals surface area contributed by atoms with Crippen molar-refractivity contribution in [3.63, 3.8) is 0 Å². The van der Waals surface area contributed by atoms with E-state index < -0.39 is 0 Å². The summed E-state index contributed by atoms with van der Waals surface area (Å²) in [5.41, 5.74) is 9.21. The van der Waals surface area contributed by atoms with Crippen LogP contribution in [0.15, 0.2) is 6.07 Å². The highest BCUT2D eigenvalue weighted by Gasteiger charge is 2.25. The van der Waals surface area contributed by atoms with Gasteiger partial charge in [0.2, 0.25) is 0 Å². The van der Waals surface area contributed by atoms with Crippen LogP contribution in [0.1, 0.15) is 55.3 Å². The number of aromatic nitrogens is 1. The van der Waals surface area contributed by atoms with Crippen LogP contribution in [0.4, 0.5) is 5.82 Å². The number of hydrogen-bond acceptors (Lipinski definition) is 4. The van der Waals surface area contributed by atoms with Crippen molar-refractivity contribution in [1.29, 1.82) is 5.26 Å². The van der Waals surface area contributed by atoms with Crippen molar-refractivity contribution < 1.29 is 0 Å². The summed E-state index contributed by atoms with van der Waals surface area (Å²) in [5, 5.41) is 9.47. The zero-order valence-corrected chi connectivity index (χ0v) is 12.8. The van der Waals surface area contributed by atoms with Crippen molar-refractivity contribution >= 4 is 5.82 Å². The topological polar surface area (TPSA) is 65.9 Å². The fraction of sp³-hybridized carbons (Fsp3) is 0.647. The van der Waals surface area contributed by atoms with Gasteiger partial charge in [-0.25, -0.2) is 4.98 Å². The summed E-state index contributed by atoms with van der Waals surface area (Å²) in [7, 11) is 2.08. The molecule has 4 heteroatoms. The van der Waals surface area contributed by atoms with Gasteiger partial charge in [-0.2, -0.15) is 5.26 Å². The second-order valence-corrected chi connectivity index (χ2v) is 6.46. The van der Waals surface area contributed by atoms with E-state index in [1.807, 2.05) is 0 Å². The maximum atomic E-state index is 9.47. The molecule has 2 aliphatic rings. The van der Waals surface area contributed by atoms with Gasteiger partial charge in [0.15, 0.2) is 0 Å². The van der Waals surface area contributed by atoms with Crippen LogP contribution in [0, 0.1) is 11.3 Å². The van der Waals surface area contributed by atoms with Crippen LogP contribution in [0.5, 0.6) is 0 Å². The average molecular weight is 284 g/mol. The van der Waals surface area contributed by atoms with Gasteiger partial charge in [0.1, 0.15) is 11.9 Å². The predicted molar refractivity (Wildman–Crippen MR) is 84.2 cm³/mol. The van der Waals surface area contributed by atoms with Gasteiger partial charge in [-0.05, 0) is 63.0 Å². The maximum Gasteiger partial charge on any atom is 0.146 e. The normalized spacial score (nSPS) is 25.0. The number of fused-ring (bicyclic) bond motifs is 1. The van der Waals surface area contributed by atoms with Gasteiger partial charge in [0, 0.05) is 24.8 Å². The number of pyridine rings is 1. The standard InChI is InChI=1S/C17H24N4/c1-21(15-8-6-14(19)7-9-15)17-13(11-18)10-12-4-2-3-5-16(12)20-17/h10,14-15H,2-9,19H2,1H3. The summed E-state index contributed by atoms with van der Waals surface area (Å²) < 4.78 is 0. The zero-order chi connectivity index (χ0) is 14.8. The molecule has 0 bridgehead atoms. The van der Waals surface area contributed by atoms with Crippen LogP contribution in [-0.2, 0) is 12.8 Å². The number of hydrogen-bond donors (Lipinski definition) is 1. The zero-order valence-electron chi connectivity index (χ0n) is 12.8. The molecule has 2 N–H and O–H groups in total. The Labute approximate surface area is 127 Å². The predicted octanol–water partition coefficient (Wildman–Crippen LogP) is 2.54.